The summed E-state index contributed by atoms with van der Waals surface area (Å²) in [6.45, 7) is 5.46. The van der Waals surface area contributed by atoms with Crippen LogP contribution in [0.15, 0.2) is 0 Å². The molecule has 90 valence electrons. The number of nitrogens with one attached hydrogen (secondary N) is 1. The number of hydrogen-bond donors (Lipinski definition) is 1. The van der Waals surface area contributed by atoms with Crippen LogP contribution in [-0.2, 0) is 14.3 Å². The van der Waals surface area contributed by atoms with E-state index in [9.17, 15) is 9.59 Å². The van der Waals surface area contributed by atoms with Crippen molar-refractivity contribution in [2.75, 3.05) is 7.11 Å². The molecule has 0 aromatic rings. The normalized spacial score (nSPS) is 36.1. The molecule has 0 saturated carbocycles. The van der Waals surface area contributed by atoms with Gasteiger partial charge < -0.3 is 15.0 Å². The van der Waals surface area contributed by atoms with E-state index in [2.05, 4.69) is 5.32 Å². The Balaban J connectivity index is 2.40. The molecule has 3 unspecified atom stereocenters. The number of ether oxygens (including phenoxy) is 1. The van der Waals surface area contributed by atoms with E-state index in [1.54, 1.807) is 16.7 Å². The maximum atomic E-state index is 12.0. The van der Waals surface area contributed by atoms with Gasteiger partial charge in [-0.05, 0) is 13.8 Å². The number of methoxy groups -OCH3 is 1. The lowest BCUT2D eigenvalue weighted by Gasteiger charge is -2.38. The number of hydrogen-bond acceptors (Lipinski definition) is 4. The van der Waals surface area contributed by atoms with Gasteiger partial charge in [-0.25, -0.2) is 0 Å². The predicted octanol–water partition coefficient (Wildman–Crippen LogP) is 0.157. The predicted molar refractivity (Wildman–Crippen MR) is 60.7 cm³/mol. The molecular weight excluding hydrogens is 228 g/mol. The van der Waals surface area contributed by atoms with Crippen LogP contribution in [0.1, 0.15) is 20.8 Å². The van der Waals surface area contributed by atoms with Gasteiger partial charge in [-0.15, -0.1) is 11.8 Å². The van der Waals surface area contributed by atoms with E-state index in [1.165, 1.54) is 14.0 Å². The second-order valence-electron chi connectivity index (χ2n) is 4.61. The highest BCUT2D eigenvalue weighted by Crippen LogP contribution is 2.47. The molecule has 2 saturated heterocycles. The summed E-state index contributed by atoms with van der Waals surface area (Å²) in [5.74, 6) is -0.210. The van der Waals surface area contributed by atoms with Crippen LogP contribution in [0.25, 0.3) is 0 Å². The van der Waals surface area contributed by atoms with E-state index in [0.717, 1.165) is 0 Å². The van der Waals surface area contributed by atoms with Crippen molar-refractivity contribution in [3.05, 3.63) is 0 Å². The highest BCUT2D eigenvalue weighted by atomic mass is 32.2. The highest BCUT2D eigenvalue weighted by Gasteiger charge is 2.58. The monoisotopic (exact) mass is 244 g/mol. The quantitative estimate of drug-likeness (QED) is 0.713. The van der Waals surface area contributed by atoms with E-state index in [0.29, 0.717) is 0 Å². The first kappa shape index (κ1) is 11.7. The van der Waals surface area contributed by atoms with Crippen LogP contribution in [0.5, 0.6) is 0 Å². The van der Waals surface area contributed by atoms with Gasteiger partial charge in [0.25, 0.3) is 0 Å². The maximum Gasteiger partial charge on any atom is 0.246 e. The molecular formula is C10H16N2O3S. The van der Waals surface area contributed by atoms with Crippen LogP contribution in [0.4, 0.5) is 0 Å². The summed E-state index contributed by atoms with van der Waals surface area (Å²) in [4.78, 5) is 25.2. The standard InChI is InChI=1S/C10H16N2O3S/c1-5(13)12-6-7(14)11-8(15-4)9(12)16-10(6,2)3/h6,8-9H,1-4H3,(H,11,14). The van der Waals surface area contributed by atoms with E-state index < -0.39 is 12.3 Å². The molecule has 2 rings (SSSR count). The van der Waals surface area contributed by atoms with Crippen molar-refractivity contribution in [2.24, 2.45) is 0 Å². The molecule has 2 aliphatic rings. The third-order valence-electron chi connectivity index (χ3n) is 3.04. The van der Waals surface area contributed by atoms with Gasteiger partial charge in [0.1, 0.15) is 11.4 Å². The third kappa shape index (κ3) is 1.51. The van der Waals surface area contributed by atoms with Crippen molar-refractivity contribution < 1.29 is 14.3 Å². The van der Waals surface area contributed by atoms with Crippen LogP contribution in [-0.4, -0.2) is 46.2 Å². The van der Waals surface area contributed by atoms with Crippen molar-refractivity contribution in [3.8, 4) is 0 Å². The lowest BCUT2D eigenvalue weighted by Crippen LogP contribution is -2.64. The molecule has 3 atom stereocenters. The van der Waals surface area contributed by atoms with Crippen LogP contribution in [0.2, 0.25) is 0 Å². The van der Waals surface area contributed by atoms with Crippen molar-refractivity contribution in [2.45, 2.75) is 43.2 Å². The van der Waals surface area contributed by atoms with Gasteiger partial charge in [0.15, 0.2) is 6.23 Å². The average molecular weight is 244 g/mol. The topological polar surface area (TPSA) is 58.6 Å². The van der Waals surface area contributed by atoms with Crippen molar-refractivity contribution in [1.82, 2.24) is 10.2 Å². The lowest BCUT2D eigenvalue weighted by molar-refractivity contribution is -0.150. The molecule has 5 nitrogen and oxygen atoms in total. The third-order valence-corrected chi connectivity index (χ3v) is 4.59. The minimum absolute atomic E-state index is 0.0787. The van der Waals surface area contributed by atoms with E-state index in [-0.39, 0.29) is 21.9 Å². The largest absolute Gasteiger partial charge is 0.359 e. The second kappa shape index (κ2) is 3.63. The Hall–Kier alpha value is -0.750. The van der Waals surface area contributed by atoms with Gasteiger partial charge in [0, 0.05) is 18.8 Å². The number of carbonyl (C=O) groups excluding carboxylic acids is 2. The maximum absolute atomic E-state index is 12.0. The summed E-state index contributed by atoms with van der Waals surface area (Å²) >= 11 is 1.61. The van der Waals surface area contributed by atoms with E-state index in [4.69, 9.17) is 4.74 Å². The summed E-state index contributed by atoms with van der Waals surface area (Å²) in [6, 6.07) is -0.397. The number of fused-ring (bicyclic) bond motifs is 2. The molecule has 2 bridgehead atoms. The van der Waals surface area contributed by atoms with E-state index >= 15 is 0 Å². The van der Waals surface area contributed by atoms with Gasteiger partial charge in [-0.2, -0.15) is 0 Å². The molecule has 2 fully saturated rings. The van der Waals surface area contributed by atoms with Crippen LogP contribution < -0.4 is 5.32 Å². The number of nitrogens with zero attached hydrogens (tertiary/aromatic N) is 1. The fourth-order valence-corrected chi connectivity index (χ4v) is 4.05. The summed E-state index contributed by atoms with van der Waals surface area (Å²) in [7, 11) is 1.54. The van der Waals surface area contributed by atoms with Crippen LogP contribution in [0.3, 0.4) is 0 Å². The van der Waals surface area contributed by atoms with Crippen LogP contribution in [0, 0.1) is 0 Å². The number of piperazine rings is 1. The molecule has 2 heterocycles. The first-order chi connectivity index (χ1) is 7.38. The minimum atomic E-state index is -0.417. The Bertz CT molecular complexity index is 345. The number of amides is 2. The lowest BCUT2D eigenvalue weighted by atomic mass is 9.99. The van der Waals surface area contributed by atoms with Gasteiger partial charge in [0.05, 0.1) is 0 Å². The summed E-state index contributed by atoms with van der Waals surface area (Å²) < 4.78 is 4.95. The van der Waals surface area contributed by atoms with Crippen LogP contribution >= 0.6 is 11.8 Å². The molecule has 0 aromatic carbocycles. The van der Waals surface area contributed by atoms with Crippen molar-refractivity contribution >= 4 is 23.6 Å². The molecule has 2 amide bonds. The fourth-order valence-electron chi connectivity index (χ4n) is 2.39. The first-order valence-electron chi connectivity index (χ1n) is 5.18. The van der Waals surface area contributed by atoms with Gasteiger partial charge in [0.2, 0.25) is 11.8 Å². The Labute approximate surface area is 98.9 Å². The Morgan fingerprint density at radius 2 is 2.19 bits per heavy atom. The molecule has 0 aliphatic carbocycles. The molecule has 0 aromatic heterocycles. The summed E-state index contributed by atoms with van der Waals surface area (Å²) in [5.41, 5.74) is 0. The zero-order valence-electron chi connectivity index (χ0n) is 9.81. The summed E-state index contributed by atoms with van der Waals surface area (Å²) in [6.07, 6.45) is -0.417. The molecule has 0 spiro atoms. The van der Waals surface area contributed by atoms with Gasteiger partial charge >= 0.3 is 0 Å². The molecule has 16 heavy (non-hydrogen) atoms. The molecule has 6 heteroatoms. The summed E-state index contributed by atoms with van der Waals surface area (Å²) in [5, 5.41) is 2.67. The van der Waals surface area contributed by atoms with Gasteiger partial charge in [-0.3, -0.25) is 9.59 Å². The molecule has 2 aliphatic heterocycles. The van der Waals surface area contributed by atoms with Gasteiger partial charge in [-0.1, -0.05) is 0 Å². The molecule has 1 N–H and O–H groups in total. The molecule has 0 radical (unpaired) electrons. The Morgan fingerprint density at radius 3 is 2.69 bits per heavy atom. The number of thioether (sulfide) groups is 1. The number of rotatable bonds is 1. The SMILES string of the molecule is COC1NC(=O)C2N(C(C)=O)C1SC2(C)C. The highest BCUT2D eigenvalue weighted by molar-refractivity contribution is 8.01. The van der Waals surface area contributed by atoms with Crippen molar-refractivity contribution in [1.29, 1.82) is 0 Å². The minimum Gasteiger partial charge on any atom is -0.359 e. The Morgan fingerprint density at radius 1 is 1.56 bits per heavy atom. The van der Waals surface area contributed by atoms with E-state index in [1.807, 2.05) is 13.8 Å². The zero-order chi connectivity index (χ0) is 12.1. The Kier molecular flexibility index (Phi) is 2.66. The zero-order valence-corrected chi connectivity index (χ0v) is 10.6. The smallest absolute Gasteiger partial charge is 0.246 e. The van der Waals surface area contributed by atoms with Crippen molar-refractivity contribution in [3.63, 3.8) is 0 Å². The fraction of sp³-hybridized carbons (Fsp3) is 0.800. The average Bonchev–Trinajstić information content (AvgIpc) is 2.41. The first-order valence-corrected chi connectivity index (χ1v) is 6.06. The second-order valence-corrected chi connectivity index (χ2v) is 6.38. The number of carbonyl (C=O) groups is 2.